The first-order chi connectivity index (χ1) is 12.2. The van der Waals surface area contributed by atoms with Gasteiger partial charge in [0.1, 0.15) is 11.1 Å². The Morgan fingerprint density at radius 1 is 1.36 bits per heavy atom. The van der Waals surface area contributed by atoms with Crippen LogP contribution in [0.3, 0.4) is 0 Å². The lowest BCUT2D eigenvalue weighted by Gasteiger charge is -2.40. The summed E-state index contributed by atoms with van der Waals surface area (Å²) in [6.07, 6.45) is 0. The van der Waals surface area contributed by atoms with E-state index in [1.165, 1.54) is 21.3 Å². The van der Waals surface area contributed by atoms with Crippen LogP contribution in [0.1, 0.15) is 21.5 Å². The van der Waals surface area contributed by atoms with Crippen LogP contribution in [0.15, 0.2) is 22.7 Å². The topological polar surface area (TPSA) is 74.5 Å². The van der Waals surface area contributed by atoms with Crippen molar-refractivity contribution in [1.29, 1.82) is 0 Å². The smallest absolute Gasteiger partial charge is 0.264 e. The average molecular weight is 380 g/mol. The first-order valence-corrected chi connectivity index (χ1v) is 10.2. The standard InChI is InChI=1S/C16H21N5O2S2/c1-11-17-16-21(18-11)15(23)14(25-16)13(12-3-2-10-24-12)20-6-4-19(5-7-20)8-9-22/h2-3,10,13-14,22H,4-9H2,1H3. The van der Waals surface area contributed by atoms with Gasteiger partial charge in [0.2, 0.25) is 0 Å². The summed E-state index contributed by atoms with van der Waals surface area (Å²) in [5.74, 6) is 0.663. The molecule has 2 aliphatic heterocycles. The Hall–Kier alpha value is -1.26. The summed E-state index contributed by atoms with van der Waals surface area (Å²) in [5, 5.41) is 15.9. The van der Waals surface area contributed by atoms with E-state index < -0.39 is 0 Å². The summed E-state index contributed by atoms with van der Waals surface area (Å²) in [6, 6.07) is 4.20. The molecule has 4 rings (SSSR count). The Balaban J connectivity index is 1.56. The molecule has 2 aliphatic rings. The number of carbonyl (C=O) groups is 1. The summed E-state index contributed by atoms with van der Waals surface area (Å²) >= 11 is 3.23. The summed E-state index contributed by atoms with van der Waals surface area (Å²) in [6.45, 7) is 6.32. The molecule has 0 bridgehead atoms. The van der Waals surface area contributed by atoms with Gasteiger partial charge in [-0.2, -0.15) is 4.68 Å². The highest BCUT2D eigenvalue weighted by Gasteiger charge is 2.43. The first kappa shape index (κ1) is 17.2. The maximum Gasteiger partial charge on any atom is 0.264 e. The molecule has 0 saturated carbocycles. The van der Waals surface area contributed by atoms with Crippen molar-refractivity contribution in [2.45, 2.75) is 23.4 Å². The summed E-state index contributed by atoms with van der Waals surface area (Å²) in [5.41, 5.74) is 0. The van der Waals surface area contributed by atoms with E-state index in [2.05, 4.69) is 31.3 Å². The van der Waals surface area contributed by atoms with Crippen molar-refractivity contribution >= 4 is 29.0 Å². The monoisotopic (exact) mass is 379 g/mol. The predicted octanol–water partition coefficient (Wildman–Crippen LogP) is 1.11. The SMILES string of the molecule is Cc1nc2n(n1)C(=O)C(C(c1cccs1)N1CCN(CCO)CC1)S2. The third kappa shape index (κ3) is 3.26. The molecule has 2 aromatic rings. The minimum Gasteiger partial charge on any atom is -0.395 e. The van der Waals surface area contributed by atoms with Crippen molar-refractivity contribution < 1.29 is 9.90 Å². The average Bonchev–Trinajstić information content (AvgIpc) is 3.30. The van der Waals surface area contributed by atoms with E-state index in [1.54, 1.807) is 11.3 Å². The van der Waals surface area contributed by atoms with E-state index in [-0.39, 0.29) is 23.8 Å². The first-order valence-electron chi connectivity index (χ1n) is 8.42. The fourth-order valence-corrected chi connectivity index (χ4v) is 5.76. The van der Waals surface area contributed by atoms with Crippen LogP contribution < -0.4 is 0 Å². The number of rotatable bonds is 5. The van der Waals surface area contributed by atoms with E-state index >= 15 is 0 Å². The van der Waals surface area contributed by atoms with E-state index in [1.807, 2.05) is 13.0 Å². The number of thioether (sulfide) groups is 1. The quantitative estimate of drug-likeness (QED) is 0.834. The zero-order chi connectivity index (χ0) is 17.4. The number of piperazine rings is 1. The van der Waals surface area contributed by atoms with Gasteiger partial charge in [-0.1, -0.05) is 17.8 Å². The van der Waals surface area contributed by atoms with Crippen LogP contribution in [0.4, 0.5) is 0 Å². The highest BCUT2D eigenvalue weighted by atomic mass is 32.2. The Bertz CT molecular complexity index is 740. The summed E-state index contributed by atoms with van der Waals surface area (Å²) < 4.78 is 1.47. The predicted molar refractivity (Wildman–Crippen MR) is 97.2 cm³/mol. The molecule has 2 aromatic heterocycles. The fraction of sp³-hybridized carbons (Fsp3) is 0.562. The third-order valence-electron chi connectivity index (χ3n) is 4.71. The Morgan fingerprint density at radius 3 is 2.80 bits per heavy atom. The second-order valence-corrected chi connectivity index (χ2v) is 8.38. The summed E-state index contributed by atoms with van der Waals surface area (Å²) in [4.78, 5) is 23.2. The Labute approximate surface area is 154 Å². The van der Waals surface area contributed by atoms with E-state index in [0.29, 0.717) is 17.5 Å². The number of carbonyl (C=O) groups excluding carboxylic acids is 1. The number of hydrogen-bond donors (Lipinski definition) is 1. The fourth-order valence-electron chi connectivity index (χ4n) is 3.49. The lowest BCUT2D eigenvalue weighted by atomic mass is 10.1. The van der Waals surface area contributed by atoms with Gasteiger partial charge in [-0.05, 0) is 18.4 Å². The van der Waals surface area contributed by atoms with Gasteiger partial charge < -0.3 is 5.11 Å². The number of thiophene rings is 1. The molecular formula is C16H21N5O2S2. The molecule has 2 atom stereocenters. The van der Waals surface area contributed by atoms with E-state index in [4.69, 9.17) is 5.11 Å². The van der Waals surface area contributed by atoms with Gasteiger partial charge in [0.15, 0.2) is 5.16 Å². The van der Waals surface area contributed by atoms with Crippen molar-refractivity contribution in [2.24, 2.45) is 0 Å². The van der Waals surface area contributed by atoms with Crippen molar-refractivity contribution in [3.05, 3.63) is 28.2 Å². The number of aromatic nitrogens is 3. The number of aryl methyl sites for hydroxylation is 1. The second kappa shape index (κ2) is 7.16. The highest BCUT2D eigenvalue weighted by Crippen LogP contribution is 2.42. The number of nitrogens with zero attached hydrogens (tertiary/aromatic N) is 5. The Kier molecular flexibility index (Phi) is 4.92. The highest BCUT2D eigenvalue weighted by molar-refractivity contribution is 8.01. The number of hydrogen-bond acceptors (Lipinski definition) is 8. The minimum atomic E-state index is -0.210. The minimum absolute atomic E-state index is 0.0248. The molecule has 1 N–H and O–H groups in total. The Morgan fingerprint density at radius 2 is 2.16 bits per heavy atom. The molecule has 0 amide bonds. The third-order valence-corrected chi connectivity index (χ3v) is 6.84. The maximum atomic E-state index is 12.9. The molecule has 1 fully saturated rings. The van der Waals surface area contributed by atoms with Crippen LogP contribution in [0.2, 0.25) is 0 Å². The van der Waals surface area contributed by atoms with Crippen LogP contribution in [0, 0.1) is 6.92 Å². The zero-order valence-electron chi connectivity index (χ0n) is 14.0. The number of fused-ring (bicyclic) bond motifs is 1. The maximum absolute atomic E-state index is 12.9. The van der Waals surface area contributed by atoms with Crippen LogP contribution in [0.25, 0.3) is 0 Å². The van der Waals surface area contributed by atoms with Gasteiger partial charge >= 0.3 is 0 Å². The van der Waals surface area contributed by atoms with Gasteiger partial charge in [0.25, 0.3) is 5.91 Å². The number of aliphatic hydroxyl groups excluding tert-OH is 1. The van der Waals surface area contributed by atoms with Crippen LogP contribution in [-0.2, 0) is 0 Å². The molecule has 134 valence electrons. The van der Waals surface area contributed by atoms with Crippen molar-refractivity contribution in [3.8, 4) is 0 Å². The largest absolute Gasteiger partial charge is 0.395 e. The molecule has 0 aliphatic carbocycles. The lowest BCUT2D eigenvalue weighted by Crippen LogP contribution is -2.50. The molecule has 9 heteroatoms. The zero-order valence-corrected chi connectivity index (χ0v) is 15.7. The van der Waals surface area contributed by atoms with Crippen molar-refractivity contribution in [2.75, 3.05) is 39.3 Å². The van der Waals surface area contributed by atoms with Gasteiger partial charge in [-0.15, -0.1) is 16.4 Å². The number of β-amino-alcohol motifs (C(OH)–C–C–N with tert-alkyl or cyclic N) is 1. The van der Waals surface area contributed by atoms with Crippen LogP contribution in [-0.4, -0.2) is 80.2 Å². The summed E-state index contributed by atoms with van der Waals surface area (Å²) in [7, 11) is 0. The van der Waals surface area contributed by atoms with Gasteiger partial charge in [-0.25, -0.2) is 4.98 Å². The van der Waals surface area contributed by atoms with Crippen molar-refractivity contribution in [3.63, 3.8) is 0 Å². The molecule has 0 spiro atoms. The van der Waals surface area contributed by atoms with Crippen LogP contribution in [0.5, 0.6) is 0 Å². The normalized spacial score (nSPS) is 23.1. The molecule has 0 aromatic carbocycles. The molecule has 1 saturated heterocycles. The second-order valence-electron chi connectivity index (χ2n) is 6.29. The lowest BCUT2D eigenvalue weighted by molar-refractivity contribution is 0.0696. The van der Waals surface area contributed by atoms with Gasteiger partial charge in [0, 0.05) is 37.6 Å². The van der Waals surface area contributed by atoms with E-state index in [0.717, 1.165) is 26.2 Å². The molecule has 7 nitrogen and oxygen atoms in total. The number of aliphatic hydroxyl groups is 1. The molecule has 0 radical (unpaired) electrons. The van der Waals surface area contributed by atoms with Crippen LogP contribution >= 0.6 is 23.1 Å². The van der Waals surface area contributed by atoms with Gasteiger partial charge in [-0.3, -0.25) is 14.6 Å². The van der Waals surface area contributed by atoms with Crippen molar-refractivity contribution in [1.82, 2.24) is 24.6 Å². The van der Waals surface area contributed by atoms with E-state index in [9.17, 15) is 4.79 Å². The molecule has 25 heavy (non-hydrogen) atoms. The van der Waals surface area contributed by atoms with Gasteiger partial charge in [0.05, 0.1) is 12.6 Å². The molecule has 2 unspecified atom stereocenters. The molecular weight excluding hydrogens is 358 g/mol. The molecule has 4 heterocycles.